The minimum atomic E-state index is -1.29. The van der Waals surface area contributed by atoms with Crippen molar-refractivity contribution in [2.24, 2.45) is 0 Å². The summed E-state index contributed by atoms with van der Waals surface area (Å²) < 4.78 is 20.9. The Kier molecular flexibility index (Phi) is 5.09. The molecule has 2 aromatic rings. The van der Waals surface area contributed by atoms with Crippen LogP contribution in [-0.2, 0) is 23.8 Å². The zero-order valence-corrected chi connectivity index (χ0v) is 16.0. The van der Waals surface area contributed by atoms with Gasteiger partial charge in [0.2, 0.25) is 0 Å². The van der Waals surface area contributed by atoms with Crippen LogP contribution in [0.4, 0.5) is 0 Å². The Bertz CT molecular complexity index is 923. The van der Waals surface area contributed by atoms with Gasteiger partial charge < -0.3 is 18.6 Å². The highest BCUT2D eigenvalue weighted by molar-refractivity contribution is 6.18. The monoisotopic (exact) mass is 384 g/mol. The van der Waals surface area contributed by atoms with Gasteiger partial charge in [-0.3, -0.25) is 0 Å². The van der Waals surface area contributed by atoms with Gasteiger partial charge in [0.15, 0.2) is 0 Å². The third-order valence-corrected chi connectivity index (χ3v) is 3.78. The van der Waals surface area contributed by atoms with Gasteiger partial charge in [-0.05, 0) is 38.1 Å². The van der Waals surface area contributed by atoms with Gasteiger partial charge >= 0.3 is 17.9 Å². The quantitative estimate of drug-likeness (QED) is 0.450. The lowest BCUT2D eigenvalue weighted by Gasteiger charge is -2.29. The fourth-order valence-electron chi connectivity index (χ4n) is 2.56. The van der Waals surface area contributed by atoms with E-state index in [9.17, 15) is 14.4 Å². The molecule has 1 saturated heterocycles. The topological polar surface area (TPSA) is 92.0 Å². The Morgan fingerprint density at radius 1 is 1.00 bits per heavy atom. The summed E-state index contributed by atoms with van der Waals surface area (Å²) >= 11 is 0. The highest BCUT2D eigenvalue weighted by Gasteiger charge is 2.39. The van der Waals surface area contributed by atoms with E-state index in [1.165, 1.54) is 19.9 Å². The van der Waals surface area contributed by atoms with Gasteiger partial charge in [-0.15, -0.1) is 0 Å². The molecule has 1 aromatic carbocycles. The molecule has 7 heteroatoms. The minimum absolute atomic E-state index is 0.198. The minimum Gasteiger partial charge on any atom is -0.459 e. The zero-order valence-electron chi connectivity index (χ0n) is 16.0. The van der Waals surface area contributed by atoms with Crippen LogP contribution in [0, 0.1) is 0 Å². The summed E-state index contributed by atoms with van der Waals surface area (Å²) in [6.45, 7) is 6.52. The van der Waals surface area contributed by atoms with Gasteiger partial charge in [-0.1, -0.05) is 12.1 Å². The van der Waals surface area contributed by atoms with Crippen molar-refractivity contribution in [1.29, 1.82) is 0 Å². The first-order valence-electron chi connectivity index (χ1n) is 8.74. The van der Waals surface area contributed by atoms with Crippen molar-refractivity contribution in [2.45, 2.75) is 39.6 Å². The maximum atomic E-state index is 12.0. The predicted molar refractivity (Wildman–Crippen MR) is 98.9 cm³/mol. The van der Waals surface area contributed by atoms with Gasteiger partial charge in [0.1, 0.15) is 17.1 Å². The van der Waals surface area contributed by atoms with Crippen LogP contribution in [0.1, 0.15) is 43.8 Å². The zero-order chi connectivity index (χ0) is 20.5. The predicted octanol–water partition coefficient (Wildman–Crippen LogP) is 3.73. The first-order valence-corrected chi connectivity index (χ1v) is 8.74. The molecule has 0 saturated carbocycles. The molecule has 1 aliphatic heterocycles. The molecule has 0 aliphatic carbocycles. The van der Waals surface area contributed by atoms with Crippen molar-refractivity contribution in [3.63, 3.8) is 0 Å². The second kappa shape index (κ2) is 7.34. The number of rotatable bonds is 4. The second-order valence-electron chi connectivity index (χ2n) is 6.97. The first-order chi connectivity index (χ1) is 13.1. The number of hydrogen-bond acceptors (Lipinski definition) is 7. The van der Waals surface area contributed by atoms with E-state index in [0.29, 0.717) is 17.1 Å². The van der Waals surface area contributed by atoms with E-state index < -0.39 is 23.7 Å². The Morgan fingerprint density at radius 2 is 1.61 bits per heavy atom. The molecule has 2 heterocycles. The molecular formula is C21H20O7. The molecule has 1 fully saturated rings. The molecule has 3 rings (SSSR count). The fourth-order valence-corrected chi connectivity index (χ4v) is 2.56. The smallest absolute Gasteiger partial charge is 0.348 e. The van der Waals surface area contributed by atoms with Crippen molar-refractivity contribution in [1.82, 2.24) is 0 Å². The van der Waals surface area contributed by atoms with E-state index in [2.05, 4.69) is 0 Å². The number of benzene rings is 1. The Hall–Kier alpha value is -3.35. The van der Waals surface area contributed by atoms with Gasteiger partial charge in [-0.25, -0.2) is 14.4 Å². The maximum Gasteiger partial charge on any atom is 0.348 e. The molecule has 1 aromatic heterocycles. The number of esters is 3. The Morgan fingerprint density at radius 3 is 2.18 bits per heavy atom. The molecule has 1 aliphatic rings. The van der Waals surface area contributed by atoms with Crippen LogP contribution in [0.2, 0.25) is 0 Å². The van der Waals surface area contributed by atoms with E-state index in [-0.39, 0.29) is 11.7 Å². The normalized spacial score (nSPS) is 15.8. The molecule has 0 N–H and O–H groups in total. The van der Waals surface area contributed by atoms with Crippen molar-refractivity contribution < 1.29 is 33.0 Å². The van der Waals surface area contributed by atoms with Crippen molar-refractivity contribution in [3.05, 3.63) is 53.3 Å². The molecular weight excluding hydrogens is 364 g/mol. The summed E-state index contributed by atoms with van der Waals surface area (Å²) in [6, 6.07) is 10.0. The van der Waals surface area contributed by atoms with Crippen LogP contribution in [0.5, 0.6) is 0 Å². The van der Waals surface area contributed by atoms with Crippen LogP contribution in [0.15, 0.2) is 46.4 Å². The highest BCUT2D eigenvalue weighted by atomic mass is 16.7. The van der Waals surface area contributed by atoms with Crippen molar-refractivity contribution >= 4 is 24.0 Å². The summed E-state index contributed by atoms with van der Waals surface area (Å²) in [6.07, 6.45) is 1.08. The van der Waals surface area contributed by atoms with Gasteiger partial charge in [0, 0.05) is 25.5 Å². The standard InChI is InChI=1S/C21H20O7/c1-12(2)25-18(22)14-7-5-13(6-8-14)17-10-9-15(26-17)11-16-19(23)27-21(3,4)28-20(16)24/h5-12H,1-4H3. The number of carbonyl (C=O) groups is 3. The Balaban J connectivity index is 1.78. The average Bonchev–Trinajstić information content (AvgIpc) is 3.05. The average molecular weight is 384 g/mol. The molecule has 146 valence electrons. The lowest BCUT2D eigenvalue weighted by Crippen LogP contribution is -2.41. The van der Waals surface area contributed by atoms with E-state index in [0.717, 1.165) is 5.56 Å². The summed E-state index contributed by atoms with van der Waals surface area (Å²) in [5.74, 6) is -2.43. The number of cyclic esters (lactones) is 2. The van der Waals surface area contributed by atoms with Crippen molar-refractivity contribution in [3.8, 4) is 11.3 Å². The second-order valence-corrected chi connectivity index (χ2v) is 6.97. The van der Waals surface area contributed by atoms with Crippen LogP contribution in [0.3, 0.4) is 0 Å². The fraction of sp³-hybridized carbons (Fsp3) is 0.286. The maximum absolute atomic E-state index is 12.0. The first kappa shape index (κ1) is 19.4. The lowest BCUT2D eigenvalue weighted by molar-refractivity contribution is -0.222. The third-order valence-electron chi connectivity index (χ3n) is 3.78. The summed E-state index contributed by atoms with van der Waals surface area (Å²) in [5, 5.41) is 0. The van der Waals surface area contributed by atoms with E-state index in [1.807, 2.05) is 0 Å². The van der Waals surface area contributed by atoms with E-state index in [4.69, 9.17) is 18.6 Å². The number of hydrogen-bond donors (Lipinski definition) is 0. The van der Waals surface area contributed by atoms with Gasteiger partial charge in [0.05, 0.1) is 11.7 Å². The number of ether oxygens (including phenoxy) is 3. The summed E-state index contributed by atoms with van der Waals surface area (Å²) in [4.78, 5) is 35.9. The lowest BCUT2D eigenvalue weighted by atomic mass is 10.1. The molecule has 0 radical (unpaired) electrons. The summed E-state index contributed by atoms with van der Waals surface area (Å²) in [7, 11) is 0. The number of furan rings is 1. The molecule has 0 unspecified atom stereocenters. The van der Waals surface area contributed by atoms with Crippen LogP contribution in [0.25, 0.3) is 17.4 Å². The van der Waals surface area contributed by atoms with E-state index >= 15 is 0 Å². The molecule has 28 heavy (non-hydrogen) atoms. The highest BCUT2D eigenvalue weighted by Crippen LogP contribution is 2.27. The molecule has 0 atom stereocenters. The van der Waals surface area contributed by atoms with Crippen LogP contribution >= 0.6 is 0 Å². The van der Waals surface area contributed by atoms with Crippen LogP contribution in [-0.4, -0.2) is 29.8 Å². The van der Waals surface area contributed by atoms with Gasteiger partial charge in [0.25, 0.3) is 5.79 Å². The summed E-state index contributed by atoms with van der Waals surface area (Å²) in [5.41, 5.74) is 0.911. The molecule has 0 spiro atoms. The van der Waals surface area contributed by atoms with Crippen molar-refractivity contribution in [2.75, 3.05) is 0 Å². The molecule has 0 bridgehead atoms. The number of carbonyl (C=O) groups excluding carboxylic acids is 3. The largest absolute Gasteiger partial charge is 0.459 e. The van der Waals surface area contributed by atoms with Crippen LogP contribution < -0.4 is 0 Å². The van der Waals surface area contributed by atoms with E-state index in [1.54, 1.807) is 50.2 Å². The third kappa shape index (κ3) is 4.31. The van der Waals surface area contributed by atoms with Gasteiger partial charge in [-0.2, -0.15) is 0 Å². The SMILES string of the molecule is CC(C)OC(=O)c1ccc(-c2ccc(C=C3C(=O)OC(C)(C)OC3=O)o2)cc1. The Labute approximate surface area is 161 Å². The molecule has 7 nitrogen and oxygen atoms in total. The molecule has 0 amide bonds.